The Bertz CT molecular complexity index is 496. The molecule has 1 N–H and O–H groups in total. The van der Waals surface area contributed by atoms with Crippen LogP contribution in [0.5, 0.6) is 0 Å². The molecule has 2 unspecified atom stereocenters. The molecule has 0 bridgehead atoms. The normalized spacial score (nSPS) is 14.9. The van der Waals surface area contributed by atoms with Gasteiger partial charge in [-0.15, -0.1) is 0 Å². The molecule has 0 heterocycles. The van der Waals surface area contributed by atoms with Crippen molar-refractivity contribution in [1.29, 1.82) is 0 Å². The molecule has 0 radical (unpaired) electrons. The first kappa shape index (κ1) is 29.3. The highest BCUT2D eigenvalue weighted by atomic mass is 31.2. The largest absolute Gasteiger partial charge is 0.472 e. The summed E-state index contributed by atoms with van der Waals surface area (Å²) < 4.78 is 28.3. The molecule has 0 aromatic rings. The molecule has 0 aliphatic heterocycles. The average molecular weight is 454 g/mol. The van der Waals surface area contributed by atoms with Crippen LogP contribution in [0.4, 0.5) is 4.79 Å². The summed E-state index contributed by atoms with van der Waals surface area (Å²) in [7, 11) is 5.05. The fourth-order valence-electron chi connectivity index (χ4n) is 2.77. The number of hydrogen-bond acceptors (Lipinski definition) is 5. The third kappa shape index (κ3) is 18.1. The maximum Gasteiger partial charge on any atom is 0.472 e. The monoisotopic (exact) mass is 453 g/mol. The van der Waals surface area contributed by atoms with Gasteiger partial charge in [0.05, 0.1) is 34.4 Å². The van der Waals surface area contributed by atoms with Crippen LogP contribution in [0.3, 0.4) is 0 Å². The Morgan fingerprint density at radius 3 is 2.07 bits per heavy atom. The van der Waals surface area contributed by atoms with E-state index in [0.29, 0.717) is 11.0 Å². The summed E-state index contributed by atoms with van der Waals surface area (Å²) in [6, 6.07) is 0. The van der Waals surface area contributed by atoms with Crippen molar-refractivity contribution in [3.63, 3.8) is 0 Å². The van der Waals surface area contributed by atoms with Gasteiger partial charge in [-0.05, 0) is 6.42 Å². The van der Waals surface area contributed by atoms with Gasteiger partial charge in [0.25, 0.3) is 0 Å². The van der Waals surface area contributed by atoms with E-state index in [1.807, 2.05) is 21.1 Å². The molecule has 2 atom stereocenters. The smallest absolute Gasteiger partial charge is 0.449 e. The van der Waals surface area contributed by atoms with Crippen molar-refractivity contribution in [1.82, 2.24) is 4.90 Å². The molecule has 0 aromatic carbocycles. The minimum atomic E-state index is -4.12. The Labute approximate surface area is 184 Å². The number of rotatable bonds is 18. The van der Waals surface area contributed by atoms with Gasteiger partial charge in [0.2, 0.25) is 0 Å². The minimum Gasteiger partial charge on any atom is -0.449 e. The Balaban J connectivity index is 4.37. The molecule has 0 saturated heterocycles. The lowest BCUT2D eigenvalue weighted by Crippen LogP contribution is -2.37. The molecule has 1 amide bonds. The highest BCUT2D eigenvalue weighted by molar-refractivity contribution is 7.47. The Morgan fingerprint density at radius 2 is 1.53 bits per heavy atom. The number of likely N-dealkylation sites (N-methyl/N-ethyl adjacent to an activating group) is 1. The quantitative estimate of drug-likeness (QED) is 0.184. The fraction of sp³-hybridized carbons (Fsp3) is 0.952. The van der Waals surface area contributed by atoms with E-state index in [9.17, 15) is 14.3 Å². The van der Waals surface area contributed by atoms with Crippen molar-refractivity contribution in [3.05, 3.63) is 0 Å². The summed E-state index contributed by atoms with van der Waals surface area (Å²) in [5, 5.41) is 0. The second kappa shape index (κ2) is 16.0. The maximum atomic E-state index is 12.1. The van der Waals surface area contributed by atoms with Gasteiger partial charge < -0.3 is 19.0 Å². The van der Waals surface area contributed by atoms with Crippen molar-refractivity contribution in [3.8, 4) is 0 Å². The van der Waals surface area contributed by atoms with Gasteiger partial charge in [0.1, 0.15) is 13.2 Å². The Morgan fingerprint density at radius 1 is 0.967 bits per heavy atom. The lowest BCUT2D eigenvalue weighted by Gasteiger charge is -2.24. The minimum absolute atomic E-state index is 0.0232. The van der Waals surface area contributed by atoms with Gasteiger partial charge in [-0.3, -0.25) is 9.05 Å². The predicted octanol–water partition coefficient (Wildman–Crippen LogP) is 4.67. The molecule has 0 rings (SSSR count). The van der Waals surface area contributed by atoms with Gasteiger partial charge >= 0.3 is 13.9 Å². The van der Waals surface area contributed by atoms with Crippen molar-refractivity contribution in [2.24, 2.45) is 5.92 Å². The summed E-state index contributed by atoms with van der Waals surface area (Å²) in [6.07, 6.45) is 9.96. The SMILES string of the molecule is CCCCCCCCCCC(COC(=O)N(C)C)COP(=O)(O)OCC[N+](C)(C)C. The Kier molecular flexibility index (Phi) is 15.7. The first-order valence-electron chi connectivity index (χ1n) is 11.2. The molecule has 0 spiro atoms. The summed E-state index contributed by atoms with van der Waals surface area (Å²) >= 11 is 0. The molecule has 0 fully saturated rings. The van der Waals surface area contributed by atoms with E-state index in [-0.39, 0.29) is 25.7 Å². The van der Waals surface area contributed by atoms with Crippen LogP contribution >= 0.6 is 7.82 Å². The zero-order valence-electron chi connectivity index (χ0n) is 20.1. The number of nitrogens with zero attached hydrogens (tertiary/aromatic N) is 2. The molecule has 0 aliphatic carbocycles. The molecular formula is C21H46N2O6P+. The van der Waals surface area contributed by atoms with Crippen LogP contribution in [-0.4, -0.2) is 82.0 Å². The van der Waals surface area contributed by atoms with E-state index in [4.69, 9.17) is 13.8 Å². The molecule has 8 nitrogen and oxygen atoms in total. The number of quaternary nitrogens is 1. The summed E-state index contributed by atoms with van der Waals surface area (Å²) in [5.41, 5.74) is 0. The van der Waals surface area contributed by atoms with E-state index < -0.39 is 13.9 Å². The number of phosphoric ester groups is 1. The lowest BCUT2D eigenvalue weighted by molar-refractivity contribution is -0.870. The van der Waals surface area contributed by atoms with Crippen LogP contribution in [-0.2, 0) is 18.3 Å². The molecule has 0 saturated carbocycles. The predicted molar refractivity (Wildman–Crippen MR) is 120 cm³/mol. The van der Waals surface area contributed by atoms with Crippen molar-refractivity contribution in [2.75, 3.05) is 61.6 Å². The molecule has 180 valence electrons. The standard InChI is InChI=1S/C21H45N2O6P/c1-7-8-9-10-11-12-13-14-15-20(18-27-21(24)22(2)3)19-29-30(25,26)28-17-16-23(4,5)6/h20H,7-19H2,1-6H3/p+1. The number of ether oxygens (including phenoxy) is 1. The average Bonchev–Trinajstić information content (AvgIpc) is 2.63. The second-order valence-electron chi connectivity index (χ2n) is 9.21. The van der Waals surface area contributed by atoms with E-state index in [2.05, 4.69) is 6.92 Å². The van der Waals surface area contributed by atoms with Crippen molar-refractivity contribution in [2.45, 2.75) is 64.7 Å². The first-order chi connectivity index (χ1) is 14.0. The van der Waals surface area contributed by atoms with E-state index >= 15 is 0 Å². The van der Waals surface area contributed by atoms with E-state index in [1.54, 1.807) is 14.1 Å². The Hall–Kier alpha value is -0.660. The van der Waals surface area contributed by atoms with Crippen molar-refractivity contribution >= 4 is 13.9 Å². The highest BCUT2D eigenvalue weighted by Gasteiger charge is 2.25. The van der Waals surface area contributed by atoms with Crippen LogP contribution < -0.4 is 0 Å². The van der Waals surface area contributed by atoms with E-state index in [0.717, 1.165) is 19.3 Å². The van der Waals surface area contributed by atoms with Crippen LogP contribution in [0, 0.1) is 5.92 Å². The van der Waals surface area contributed by atoms with Crippen LogP contribution in [0.1, 0.15) is 64.7 Å². The fourth-order valence-corrected chi connectivity index (χ4v) is 3.55. The maximum absolute atomic E-state index is 12.1. The summed E-state index contributed by atoms with van der Waals surface area (Å²) in [6.45, 7) is 3.12. The summed E-state index contributed by atoms with van der Waals surface area (Å²) in [5.74, 6) is -0.142. The molecule has 0 aliphatic rings. The number of carbonyl (C=O) groups is 1. The first-order valence-corrected chi connectivity index (χ1v) is 12.7. The van der Waals surface area contributed by atoms with E-state index in [1.165, 1.54) is 43.4 Å². The van der Waals surface area contributed by atoms with Gasteiger partial charge in [0, 0.05) is 20.0 Å². The third-order valence-corrected chi connectivity index (χ3v) is 5.75. The molecule has 9 heteroatoms. The zero-order chi connectivity index (χ0) is 23.0. The third-order valence-electron chi connectivity index (χ3n) is 4.76. The van der Waals surface area contributed by atoms with Gasteiger partial charge in [0.15, 0.2) is 0 Å². The van der Waals surface area contributed by atoms with Gasteiger partial charge in [-0.1, -0.05) is 58.3 Å². The number of phosphoric acid groups is 1. The van der Waals surface area contributed by atoms with Crippen LogP contribution in [0.25, 0.3) is 0 Å². The molecule has 30 heavy (non-hydrogen) atoms. The van der Waals surface area contributed by atoms with Gasteiger partial charge in [-0.25, -0.2) is 9.36 Å². The molecule has 0 aromatic heterocycles. The van der Waals surface area contributed by atoms with Crippen LogP contribution in [0.15, 0.2) is 0 Å². The highest BCUT2D eigenvalue weighted by Crippen LogP contribution is 2.43. The topological polar surface area (TPSA) is 85.3 Å². The number of carbonyl (C=O) groups excluding carboxylic acids is 1. The number of amides is 1. The zero-order valence-corrected chi connectivity index (χ0v) is 21.0. The molecular weight excluding hydrogens is 407 g/mol. The number of unbranched alkanes of at least 4 members (excludes halogenated alkanes) is 7. The number of hydrogen-bond donors (Lipinski definition) is 1. The second-order valence-corrected chi connectivity index (χ2v) is 10.7. The lowest BCUT2D eigenvalue weighted by atomic mass is 10.0. The van der Waals surface area contributed by atoms with Crippen LogP contribution in [0.2, 0.25) is 0 Å². The summed E-state index contributed by atoms with van der Waals surface area (Å²) in [4.78, 5) is 23.0. The van der Waals surface area contributed by atoms with Gasteiger partial charge in [-0.2, -0.15) is 0 Å². The van der Waals surface area contributed by atoms with Crippen molar-refractivity contribution < 1.29 is 32.5 Å².